The number of ether oxygens (including phenoxy) is 1. The number of esters is 1. The zero-order chi connectivity index (χ0) is 22.5. The fraction of sp³-hybridized carbons (Fsp3) is 0.360. The second-order valence-electron chi connectivity index (χ2n) is 9.45. The highest BCUT2D eigenvalue weighted by molar-refractivity contribution is 7.15. The number of benzene rings is 1. The zero-order valence-electron chi connectivity index (χ0n) is 18.4. The first-order valence-electron chi connectivity index (χ1n) is 10.8. The molecule has 3 aromatic heterocycles. The van der Waals surface area contributed by atoms with Crippen molar-refractivity contribution in [2.24, 2.45) is 11.3 Å². The van der Waals surface area contributed by atoms with Crippen molar-refractivity contribution in [3.8, 4) is 0 Å². The van der Waals surface area contributed by atoms with Gasteiger partial charge in [-0.2, -0.15) is 0 Å². The van der Waals surface area contributed by atoms with Gasteiger partial charge in [-0.15, -0.1) is 11.3 Å². The third-order valence-electron chi connectivity index (χ3n) is 6.40. The summed E-state index contributed by atoms with van der Waals surface area (Å²) in [6, 6.07) is 9.15. The number of hydrogen-bond donors (Lipinski definition) is 0. The Labute approximate surface area is 189 Å². The molecule has 1 unspecified atom stereocenters. The van der Waals surface area contributed by atoms with E-state index in [4.69, 9.17) is 9.72 Å². The number of aryl methyl sites for hydroxylation is 1. The van der Waals surface area contributed by atoms with Gasteiger partial charge in [-0.05, 0) is 42.2 Å². The molecule has 0 bridgehead atoms. The number of rotatable bonds is 3. The molecule has 164 valence electrons. The summed E-state index contributed by atoms with van der Waals surface area (Å²) in [5.41, 5.74) is 3.83. The summed E-state index contributed by atoms with van der Waals surface area (Å²) in [5, 5.41) is 2.62. The molecule has 1 aliphatic rings. The second kappa shape index (κ2) is 7.81. The smallest absolute Gasteiger partial charge is 0.339 e. The Morgan fingerprint density at radius 1 is 1.25 bits per heavy atom. The highest BCUT2D eigenvalue weighted by atomic mass is 32.1. The predicted molar refractivity (Wildman–Crippen MR) is 125 cm³/mol. The van der Waals surface area contributed by atoms with E-state index in [0.29, 0.717) is 22.1 Å². The van der Waals surface area contributed by atoms with Gasteiger partial charge in [0.1, 0.15) is 6.61 Å². The van der Waals surface area contributed by atoms with Crippen LogP contribution in [0.4, 0.5) is 0 Å². The van der Waals surface area contributed by atoms with E-state index in [1.54, 1.807) is 11.6 Å². The minimum atomic E-state index is -0.386. The number of aromatic nitrogens is 3. The van der Waals surface area contributed by atoms with Crippen LogP contribution in [0, 0.1) is 11.3 Å². The van der Waals surface area contributed by atoms with Crippen LogP contribution in [-0.2, 0) is 24.2 Å². The molecule has 0 aliphatic heterocycles. The van der Waals surface area contributed by atoms with Gasteiger partial charge in [-0.25, -0.2) is 9.78 Å². The first-order chi connectivity index (χ1) is 15.3. The maximum absolute atomic E-state index is 13.4. The average Bonchev–Trinajstić information content (AvgIpc) is 3.24. The summed E-state index contributed by atoms with van der Waals surface area (Å²) < 4.78 is 7.20. The summed E-state index contributed by atoms with van der Waals surface area (Å²) in [4.78, 5) is 35.6. The molecule has 32 heavy (non-hydrogen) atoms. The number of fused-ring (bicyclic) bond motifs is 3. The van der Waals surface area contributed by atoms with Crippen LogP contribution < -0.4 is 5.56 Å². The van der Waals surface area contributed by atoms with Crippen molar-refractivity contribution >= 4 is 33.2 Å². The van der Waals surface area contributed by atoms with E-state index in [1.165, 1.54) is 21.8 Å². The van der Waals surface area contributed by atoms with Gasteiger partial charge in [-0.3, -0.25) is 14.2 Å². The SMILES string of the molecule is CC(C)(C)C1CCc2nc3ccccc3c(C(=O)OCc3cc(=O)n4ccsc4n3)c2C1. The molecule has 1 aromatic carbocycles. The van der Waals surface area contributed by atoms with Crippen molar-refractivity contribution in [1.82, 2.24) is 14.4 Å². The summed E-state index contributed by atoms with van der Waals surface area (Å²) in [7, 11) is 0. The molecular weight excluding hydrogens is 422 g/mol. The first kappa shape index (κ1) is 20.8. The fourth-order valence-electron chi connectivity index (χ4n) is 4.53. The van der Waals surface area contributed by atoms with E-state index in [9.17, 15) is 9.59 Å². The topological polar surface area (TPSA) is 73.6 Å². The van der Waals surface area contributed by atoms with Crippen molar-refractivity contribution in [3.63, 3.8) is 0 Å². The van der Waals surface area contributed by atoms with Gasteiger partial charge in [0.2, 0.25) is 0 Å². The number of nitrogens with zero attached hydrogens (tertiary/aromatic N) is 3. The minimum Gasteiger partial charge on any atom is -0.456 e. The molecule has 0 saturated heterocycles. The van der Waals surface area contributed by atoms with Gasteiger partial charge in [0.15, 0.2) is 4.96 Å². The second-order valence-corrected chi connectivity index (χ2v) is 10.3. The Balaban J connectivity index is 1.52. The monoisotopic (exact) mass is 447 g/mol. The molecule has 0 saturated carbocycles. The molecular formula is C25H25N3O3S. The van der Waals surface area contributed by atoms with Gasteiger partial charge in [0.05, 0.1) is 16.8 Å². The summed E-state index contributed by atoms with van der Waals surface area (Å²) in [6.45, 7) is 6.71. The quantitative estimate of drug-likeness (QED) is 0.421. The Kier molecular flexibility index (Phi) is 5.08. The van der Waals surface area contributed by atoms with Crippen LogP contribution in [-0.4, -0.2) is 20.3 Å². The lowest BCUT2D eigenvalue weighted by atomic mass is 9.70. The van der Waals surface area contributed by atoms with E-state index in [2.05, 4.69) is 25.8 Å². The third-order valence-corrected chi connectivity index (χ3v) is 7.15. The van der Waals surface area contributed by atoms with Gasteiger partial charge in [0.25, 0.3) is 5.56 Å². The average molecular weight is 448 g/mol. The largest absolute Gasteiger partial charge is 0.456 e. The minimum absolute atomic E-state index is 0.0450. The van der Waals surface area contributed by atoms with Crippen LogP contribution in [0.1, 0.15) is 54.5 Å². The summed E-state index contributed by atoms with van der Waals surface area (Å²) in [5.74, 6) is 0.0787. The third kappa shape index (κ3) is 3.71. The molecule has 3 heterocycles. The zero-order valence-corrected chi connectivity index (χ0v) is 19.2. The van der Waals surface area contributed by atoms with Crippen LogP contribution in [0.15, 0.2) is 46.7 Å². The molecule has 0 N–H and O–H groups in total. The Morgan fingerprint density at radius 3 is 2.88 bits per heavy atom. The van der Waals surface area contributed by atoms with Gasteiger partial charge in [-0.1, -0.05) is 39.0 Å². The standard InChI is InChI=1S/C25H25N3O3S/c1-25(2,3)15-8-9-20-18(12-15)22(17-6-4-5-7-19(17)27-20)23(30)31-14-16-13-21(29)28-10-11-32-24(28)26-16/h4-7,10-11,13,15H,8-9,12,14H2,1-3H3. The normalized spacial score (nSPS) is 16.3. The number of carbonyl (C=O) groups excluding carboxylic acids is 1. The summed E-state index contributed by atoms with van der Waals surface area (Å²) >= 11 is 1.37. The molecule has 0 radical (unpaired) electrons. The van der Waals surface area contributed by atoms with Crippen LogP contribution in [0.2, 0.25) is 0 Å². The van der Waals surface area contributed by atoms with Crippen molar-refractivity contribution in [1.29, 1.82) is 0 Å². The summed E-state index contributed by atoms with van der Waals surface area (Å²) in [6.07, 6.45) is 4.41. The number of hydrogen-bond acceptors (Lipinski definition) is 6. The predicted octanol–water partition coefficient (Wildman–Crippen LogP) is 4.81. The molecule has 0 amide bonds. The Hall–Kier alpha value is -3.06. The van der Waals surface area contributed by atoms with E-state index >= 15 is 0 Å². The van der Waals surface area contributed by atoms with Gasteiger partial charge < -0.3 is 4.74 Å². The lowest BCUT2D eigenvalue weighted by Gasteiger charge is -2.35. The molecule has 0 fully saturated rings. The number of carbonyl (C=O) groups is 1. The van der Waals surface area contributed by atoms with E-state index in [-0.39, 0.29) is 23.6 Å². The Bertz CT molecular complexity index is 1400. The number of para-hydroxylation sites is 1. The maximum atomic E-state index is 13.4. The van der Waals surface area contributed by atoms with E-state index < -0.39 is 0 Å². The highest BCUT2D eigenvalue weighted by Crippen LogP contribution is 2.39. The van der Waals surface area contributed by atoms with Crippen LogP contribution in [0.3, 0.4) is 0 Å². The van der Waals surface area contributed by atoms with E-state index in [0.717, 1.165) is 41.4 Å². The van der Waals surface area contributed by atoms with Crippen LogP contribution >= 0.6 is 11.3 Å². The number of thiazole rings is 1. The maximum Gasteiger partial charge on any atom is 0.339 e. The Morgan fingerprint density at radius 2 is 2.06 bits per heavy atom. The molecule has 1 atom stereocenters. The molecule has 0 spiro atoms. The van der Waals surface area contributed by atoms with Crippen molar-refractivity contribution in [3.05, 3.63) is 74.8 Å². The molecule has 5 rings (SSSR count). The fourth-order valence-corrected chi connectivity index (χ4v) is 5.27. The lowest BCUT2D eigenvalue weighted by molar-refractivity contribution is 0.0467. The van der Waals surface area contributed by atoms with Crippen molar-refractivity contribution < 1.29 is 9.53 Å². The molecule has 7 heteroatoms. The molecule has 1 aliphatic carbocycles. The highest BCUT2D eigenvalue weighted by Gasteiger charge is 2.33. The van der Waals surface area contributed by atoms with Gasteiger partial charge >= 0.3 is 5.97 Å². The number of pyridine rings is 1. The van der Waals surface area contributed by atoms with Crippen molar-refractivity contribution in [2.75, 3.05) is 0 Å². The molecule has 6 nitrogen and oxygen atoms in total. The first-order valence-corrected chi connectivity index (χ1v) is 11.7. The van der Waals surface area contributed by atoms with Crippen LogP contribution in [0.25, 0.3) is 15.9 Å². The van der Waals surface area contributed by atoms with E-state index in [1.807, 2.05) is 24.3 Å². The van der Waals surface area contributed by atoms with Gasteiger partial charge in [0, 0.05) is 28.7 Å². The molecule has 4 aromatic rings. The van der Waals surface area contributed by atoms with Crippen molar-refractivity contribution in [2.45, 2.75) is 46.6 Å². The lowest BCUT2D eigenvalue weighted by Crippen LogP contribution is -2.29. The van der Waals surface area contributed by atoms with Crippen LogP contribution in [0.5, 0.6) is 0 Å².